The van der Waals surface area contributed by atoms with Crippen LogP contribution in [0, 0.1) is 0 Å². The van der Waals surface area contributed by atoms with Crippen molar-refractivity contribution in [1.82, 2.24) is 9.97 Å². The Balaban J connectivity index is 2.40. The van der Waals surface area contributed by atoms with Crippen LogP contribution in [0.4, 0.5) is 0 Å². The highest BCUT2D eigenvalue weighted by molar-refractivity contribution is 6.30. The fraction of sp³-hybridized carbons (Fsp3) is 0.636. The number of aryl methyl sites for hydroxylation is 1. The number of fused-ring (bicyclic) bond motifs is 1. The van der Waals surface area contributed by atoms with Gasteiger partial charge in [-0.1, -0.05) is 11.6 Å². The fourth-order valence-corrected chi connectivity index (χ4v) is 2.14. The van der Waals surface area contributed by atoms with Crippen LogP contribution in [-0.2, 0) is 17.6 Å². The van der Waals surface area contributed by atoms with E-state index < -0.39 is 0 Å². The Morgan fingerprint density at radius 3 is 2.73 bits per heavy atom. The average Bonchev–Trinajstić information content (AvgIpc) is 2.28. The van der Waals surface area contributed by atoms with Crippen LogP contribution in [0.1, 0.15) is 43.0 Å². The summed E-state index contributed by atoms with van der Waals surface area (Å²) < 4.78 is 5.20. The summed E-state index contributed by atoms with van der Waals surface area (Å²) >= 11 is 6.14. The first-order valence-electron chi connectivity index (χ1n) is 5.30. The van der Waals surface area contributed by atoms with Crippen molar-refractivity contribution in [2.24, 2.45) is 0 Å². The maximum absolute atomic E-state index is 6.14. The van der Waals surface area contributed by atoms with Crippen LogP contribution in [0.15, 0.2) is 0 Å². The molecule has 1 aliphatic rings. The van der Waals surface area contributed by atoms with E-state index in [1.807, 2.05) is 6.92 Å². The number of halogens is 1. The lowest BCUT2D eigenvalue weighted by atomic mass is 9.97. The summed E-state index contributed by atoms with van der Waals surface area (Å²) in [4.78, 5) is 8.81. The van der Waals surface area contributed by atoms with Crippen molar-refractivity contribution in [3.63, 3.8) is 0 Å². The Hall–Kier alpha value is -0.670. The van der Waals surface area contributed by atoms with Crippen molar-refractivity contribution in [3.05, 3.63) is 22.2 Å². The monoisotopic (exact) mass is 226 g/mol. The van der Waals surface area contributed by atoms with Gasteiger partial charge in [-0.15, -0.1) is 0 Å². The zero-order chi connectivity index (χ0) is 10.8. The summed E-state index contributed by atoms with van der Waals surface area (Å²) in [7, 11) is 1.65. The Labute approximate surface area is 94.8 Å². The molecule has 1 aromatic rings. The van der Waals surface area contributed by atoms with Gasteiger partial charge in [0.05, 0.1) is 0 Å². The minimum Gasteiger partial charge on any atom is -0.374 e. The third-order valence-electron chi connectivity index (χ3n) is 2.87. The number of nitrogens with zero attached hydrogens (tertiary/aromatic N) is 2. The molecule has 1 aliphatic carbocycles. The fourth-order valence-electron chi connectivity index (χ4n) is 1.85. The molecule has 0 spiro atoms. The van der Waals surface area contributed by atoms with Crippen molar-refractivity contribution >= 4 is 11.6 Å². The quantitative estimate of drug-likeness (QED) is 0.728. The van der Waals surface area contributed by atoms with E-state index in [0.717, 1.165) is 24.1 Å². The van der Waals surface area contributed by atoms with Gasteiger partial charge in [-0.05, 0) is 32.6 Å². The molecule has 1 aromatic heterocycles. The summed E-state index contributed by atoms with van der Waals surface area (Å²) in [6.07, 6.45) is 4.32. The zero-order valence-corrected chi connectivity index (χ0v) is 9.84. The standard InChI is InChI=1S/C11H15ClN2O/c1-7(15-2)11-13-9-6-4-3-5-8(9)10(12)14-11/h7H,3-6H2,1-2H3. The Morgan fingerprint density at radius 1 is 1.27 bits per heavy atom. The van der Waals surface area contributed by atoms with E-state index in [9.17, 15) is 0 Å². The predicted molar refractivity (Wildman–Crippen MR) is 59.1 cm³/mol. The first kappa shape index (κ1) is 10.8. The van der Waals surface area contributed by atoms with E-state index in [1.165, 1.54) is 12.8 Å². The summed E-state index contributed by atoms with van der Waals surface area (Å²) in [5.74, 6) is 0.697. The van der Waals surface area contributed by atoms with E-state index >= 15 is 0 Å². The molecular weight excluding hydrogens is 212 g/mol. The molecular formula is C11H15ClN2O. The van der Waals surface area contributed by atoms with Crippen LogP contribution in [0.2, 0.25) is 5.15 Å². The molecule has 1 unspecified atom stereocenters. The van der Waals surface area contributed by atoms with Gasteiger partial charge in [-0.2, -0.15) is 0 Å². The van der Waals surface area contributed by atoms with Gasteiger partial charge in [0.2, 0.25) is 0 Å². The number of rotatable bonds is 2. The number of hydrogen-bond acceptors (Lipinski definition) is 3. The number of ether oxygens (including phenoxy) is 1. The number of methoxy groups -OCH3 is 1. The van der Waals surface area contributed by atoms with Gasteiger partial charge in [-0.25, -0.2) is 9.97 Å². The minimum absolute atomic E-state index is 0.0882. The van der Waals surface area contributed by atoms with E-state index in [-0.39, 0.29) is 6.10 Å². The van der Waals surface area contributed by atoms with Gasteiger partial charge < -0.3 is 4.74 Å². The molecule has 2 rings (SSSR count). The van der Waals surface area contributed by atoms with Crippen LogP contribution < -0.4 is 0 Å². The molecule has 0 saturated heterocycles. The van der Waals surface area contributed by atoms with Crippen molar-refractivity contribution in [2.45, 2.75) is 38.7 Å². The molecule has 0 aromatic carbocycles. The molecule has 0 N–H and O–H groups in total. The van der Waals surface area contributed by atoms with E-state index in [4.69, 9.17) is 16.3 Å². The van der Waals surface area contributed by atoms with Crippen molar-refractivity contribution in [1.29, 1.82) is 0 Å². The molecule has 4 heteroatoms. The first-order chi connectivity index (χ1) is 7.22. The maximum Gasteiger partial charge on any atom is 0.158 e. The lowest BCUT2D eigenvalue weighted by molar-refractivity contribution is 0.111. The summed E-state index contributed by atoms with van der Waals surface area (Å²) in [5.41, 5.74) is 2.25. The van der Waals surface area contributed by atoms with E-state index in [2.05, 4.69) is 9.97 Å². The molecule has 0 fully saturated rings. The molecule has 0 aliphatic heterocycles. The van der Waals surface area contributed by atoms with Crippen LogP contribution in [0.5, 0.6) is 0 Å². The van der Waals surface area contributed by atoms with Gasteiger partial charge in [0.15, 0.2) is 5.82 Å². The van der Waals surface area contributed by atoms with Crippen LogP contribution in [0.3, 0.4) is 0 Å². The third kappa shape index (κ3) is 2.13. The topological polar surface area (TPSA) is 35.0 Å². The molecule has 0 radical (unpaired) electrons. The van der Waals surface area contributed by atoms with Crippen molar-refractivity contribution < 1.29 is 4.74 Å². The third-order valence-corrected chi connectivity index (χ3v) is 3.18. The van der Waals surface area contributed by atoms with Crippen LogP contribution in [0.25, 0.3) is 0 Å². The van der Waals surface area contributed by atoms with Crippen LogP contribution >= 0.6 is 11.6 Å². The lowest BCUT2D eigenvalue weighted by Gasteiger charge is -2.18. The Bertz CT molecular complexity index is 368. The molecule has 3 nitrogen and oxygen atoms in total. The highest BCUT2D eigenvalue weighted by Crippen LogP contribution is 2.26. The normalized spacial score (nSPS) is 17.3. The molecule has 0 saturated carbocycles. The van der Waals surface area contributed by atoms with E-state index in [1.54, 1.807) is 7.11 Å². The molecule has 15 heavy (non-hydrogen) atoms. The second kappa shape index (κ2) is 4.45. The van der Waals surface area contributed by atoms with Crippen molar-refractivity contribution in [3.8, 4) is 0 Å². The van der Waals surface area contributed by atoms with E-state index in [0.29, 0.717) is 11.0 Å². The second-order valence-corrected chi connectivity index (χ2v) is 4.24. The van der Waals surface area contributed by atoms with Gasteiger partial charge in [0.1, 0.15) is 11.3 Å². The maximum atomic E-state index is 6.14. The van der Waals surface area contributed by atoms with Crippen LogP contribution in [-0.4, -0.2) is 17.1 Å². The smallest absolute Gasteiger partial charge is 0.158 e. The first-order valence-corrected chi connectivity index (χ1v) is 5.68. The van der Waals surface area contributed by atoms with Gasteiger partial charge in [-0.3, -0.25) is 0 Å². The summed E-state index contributed by atoms with van der Waals surface area (Å²) in [6, 6.07) is 0. The zero-order valence-electron chi connectivity index (χ0n) is 9.09. The SMILES string of the molecule is COC(C)c1nc(Cl)c2c(n1)CCCC2. The lowest BCUT2D eigenvalue weighted by Crippen LogP contribution is -2.12. The van der Waals surface area contributed by atoms with Crippen molar-refractivity contribution in [2.75, 3.05) is 7.11 Å². The minimum atomic E-state index is -0.0882. The highest BCUT2D eigenvalue weighted by Gasteiger charge is 2.18. The predicted octanol–water partition coefficient (Wildman–Crippen LogP) is 2.72. The second-order valence-electron chi connectivity index (χ2n) is 3.88. The molecule has 1 atom stereocenters. The van der Waals surface area contributed by atoms with Gasteiger partial charge in [0, 0.05) is 18.4 Å². The molecule has 1 heterocycles. The molecule has 0 bridgehead atoms. The molecule has 0 amide bonds. The Morgan fingerprint density at radius 2 is 2.00 bits per heavy atom. The Kier molecular flexibility index (Phi) is 3.22. The number of aromatic nitrogens is 2. The number of hydrogen-bond donors (Lipinski definition) is 0. The average molecular weight is 227 g/mol. The summed E-state index contributed by atoms with van der Waals surface area (Å²) in [5, 5.41) is 0.610. The summed E-state index contributed by atoms with van der Waals surface area (Å²) in [6.45, 7) is 1.93. The van der Waals surface area contributed by atoms with Gasteiger partial charge in [0.25, 0.3) is 0 Å². The highest BCUT2D eigenvalue weighted by atomic mass is 35.5. The molecule has 82 valence electrons. The largest absolute Gasteiger partial charge is 0.374 e. The van der Waals surface area contributed by atoms with Gasteiger partial charge >= 0.3 is 0 Å².